The number of rotatable bonds is 5. The summed E-state index contributed by atoms with van der Waals surface area (Å²) in [6.45, 7) is 2.10. The molecule has 0 radical (unpaired) electrons. The second-order valence-electron chi connectivity index (χ2n) is 4.82. The van der Waals surface area contributed by atoms with Crippen LogP contribution < -0.4 is 10.0 Å². The molecule has 110 valence electrons. The van der Waals surface area contributed by atoms with Gasteiger partial charge in [-0.2, -0.15) is 0 Å². The summed E-state index contributed by atoms with van der Waals surface area (Å²) in [5.74, 6) is 0.261. The Kier molecular flexibility index (Phi) is 4.69. The van der Waals surface area contributed by atoms with Crippen LogP contribution in [0.2, 0.25) is 0 Å². The minimum atomic E-state index is -3.70. The van der Waals surface area contributed by atoms with Gasteiger partial charge in [0.1, 0.15) is 0 Å². The van der Waals surface area contributed by atoms with Crippen LogP contribution in [0, 0.1) is 16.0 Å². The molecule has 1 saturated heterocycles. The van der Waals surface area contributed by atoms with E-state index in [9.17, 15) is 18.5 Å². The molecule has 0 bridgehead atoms. The van der Waals surface area contributed by atoms with Crippen molar-refractivity contribution >= 4 is 15.7 Å². The van der Waals surface area contributed by atoms with Crippen LogP contribution in [0.3, 0.4) is 0 Å². The Bertz CT molecular complexity index is 582. The van der Waals surface area contributed by atoms with Crippen molar-refractivity contribution in [1.29, 1.82) is 0 Å². The van der Waals surface area contributed by atoms with Gasteiger partial charge in [0.15, 0.2) is 0 Å². The maximum atomic E-state index is 12.1. The van der Waals surface area contributed by atoms with Crippen LogP contribution in [0.25, 0.3) is 0 Å². The van der Waals surface area contributed by atoms with Crippen molar-refractivity contribution in [3.8, 4) is 0 Å². The highest BCUT2D eigenvalue weighted by Gasteiger charge is 2.20. The second-order valence-corrected chi connectivity index (χ2v) is 6.59. The predicted molar refractivity (Wildman–Crippen MR) is 73.9 cm³/mol. The van der Waals surface area contributed by atoms with E-state index < -0.39 is 14.9 Å². The maximum absolute atomic E-state index is 12.1. The molecule has 1 aliphatic rings. The van der Waals surface area contributed by atoms with Gasteiger partial charge in [0, 0.05) is 18.7 Å². The molecule has 2 N–H and O–H groups in total. The van der Waals surface area contributed by atoms with Crippen LogP contribution in [0.4, 0.5) is 5.69 Å². The molecule has 1 aromatic carbocycles. The first-order chi connectivity index (χ1) is 9.49. The van der Waals surface area contributed by atoms with Gasteiger partial charge in [-0.25, -0.2) is 13.1 Å². The van der Waals surface area contributed by atoms with Crippen LogP contribution in [0.5, 0.6) is 0 Å². The predicted octanol–water partition coefficient (Wildman–Crippen LogP) is 0.873. The summed E-state index contributed by atoms with van der Waals surface area (Å²) < 4.78 is 26.7. The Balaban J connectivity index is 2.05. The summed E-state index contributed by atoms with van der Waals surface area (Å²) in [6, 6.07) is 5.06. The smallest absolute Gasteiger partial charge is 0.270 e. The van der Waals surface area contributed by atoms with E-state index in [1.807, 2.05) is 0 Å². The van der Waals surface area contributed by atoms with E-state index >= 15 is 0 Å². The highest BCUT2D eigenvalue weighted by Crippen LogP contribution is 2.17. The molecular formula is C12H17N3O4S. The first-order valence-corrected chi connectivity index (χ1v) is 7.92. The molecule has 0 aliphatic carbocycles. The number of nitro groups is 1. The van der Waals surface area contributed by atoms with Gasteiger partial charge in [-0.15, -0.1) is 0 Å². The summed E-state index contributed by atoms with van der Waals surface area (Å²) in [6.07, 6.45) is 2.01. The zero-order valence-corrected chi connectivity index (χ0v) is 11.7. The Labute approximate surface area is 117 Å². The van der Waals surface area contributed by atoms with E-state index in [0.29, 0.717) is 6.54 Å². The van der Waals surface area contributed by atoms with Gasteiger partial charge in [0.05, 0.1) is 9.82 Å². The molecular weight excluding hydrogens is 282 g/mol. The summed E-state index contributed by atoms with van der Waals surface area (Å²) in [4.78, 5) is 9.99. The van der Waals surface area contributed by atoms with E-state index in [2.05, 4.69) is 10.0 Å². The molecule has 1 atom stereocenters. The van der Waals surface area contributed by atoms with Crippen molar-refractivity contribution in [2.75, 3.05) is 19.6 Å². The fourth-order valence-electron chi connectivity index (χ4n) is 2.17. The molecule has 8 heteroatoms. The molecule has 7 nitrogen and oxygen atoms in total. The van der Waals surface area contributed by atoms with Crippen LogP contribution in [-0.4, -0.2) is 33.0 Å². The van der Waals surface area contributed by atoms with E-state index in [1.165, 1.54) is 18.2 Å². The first kappa shape index (κ1) is 14.9. The molecule has 2 rings (SSSR count). The largest absolute Gasteiger partial charge is 0.316 e. The monoisotopic (exact) mass is 299 g/mol. The highest BCUT2D eigenvalue weighted by atomic mass is 32.2. The van der Waals surface area contributed by atoms with Crippen molar-refractivity contribution in [3.05, 3.63) is 34.4 Å². The minimum Gasteiger partial charge on any atom is -0.316 e. The SMILES string of the molecule is O=[N+]([O-])c1cccc(S(=O)(=O)NCC2CCCNC2)c1. The van der Waals surface area contributed by atoms with E-state index in [4.69, 9.17) is 0 Å². The standard InChI is InChI=1S/C12H17N3O4S/c16-15(17)11-4-1-5-12(7-11)20(18,19)14-9-10-3-2-6-13-8-10/h1,4-5,7,10,13-14H,2-3,6,8-9H2. The number of non-ortho nitro benzene ring substituents is 1. The Hall–Kier alpha value is -1.51. The fourth-order valence-corrected chi connectivity index (χ4v) is 3.33. The summed E-state index contributed by atoms with van der Waals surface area (Å²) in [5.41, 5.74) is -0.229. The summed E-state index contributed by atoms with van der Waals surface area (Å²) >= 11 is 0. The first-order valence-electron chi connectivity index (χ1n) is 6.44. The molecule has 1 fully saturated rings. The Morgan fingerprint density at radius 1 is 1.45 bits per heavy atom. The lowest BCUT2D eigenvalue weighted by Gasteiger charge is -2.22. The normalized spacial score (nSPS) is 19.7. The molecule has 1 heterocycles. The summed E-state index contributed by atoms with van der Waals surface area (Å²) in [7, 11) is -3.70. The fraction of sp³-hybridized carbons (Fsp3) is 0.500. The van der Waals surface area contributed by atoms with Crippen molar-refractivity contribution in [2.45, 2.75) is 17.7 Å². The number of sulfonamides is 1. The van der Waals surface area contributed by atoms with Crippen molar-refractivity contribution in [1.82, 2.24) is 10.0 Å². The third-order valence-corrected chi connectivity index (χ3v) is 4.72. The quantitative estimate of drug-likeness (QED) is 0.620. The lowest BCUT2D eigenvalue weighted by Crippen LogP contribution is -2.38. The Morgan fingerprint density at radius 2 is 2.25 bits per heavy atom. The average Bonchev–Trinajstić information content (AvgIpc) is 2.46. The number of hydrogen-bond acceptors (Lipinski definition) is 5. The van der Waals surface area contributed by atoms with Gasteiger partial charge >= 0.3 is 0 Å². The van der Waals surface area contributed by atoms with E-state index in [0.717, 1.165) is 32.0 Å². The molecule has 1 aromatic rings. The zero-order valence-electron chi connectivity index (χ0n) is 10.9. The van der Waals surface area contributed by atoms with Gasteiger partial charge in [-0.1, -0.05) is 6.07 Å². The zero-order chi connectivity index (χ0) is 14.6. The lowest BCUT2D eigenvalue weighted by molar-refractivity contribution is -0.385. The average molecular weight is 299 g/mol. The third-order valence-electron chi connectivity index (χ3n) is 3.30. The van der Waals surface area contributed by atoms with Crippen molar-refractivity contribution < 1.29 is 13.3 Å². The van der Waals surface area contributed by atoms with Crippen LogP contribution in [-0.2, 0) is 10.0 Å². The second kappa shape index (κ2) is 6.29. The molecule has 0 aromatic heterocycles. The van der Waals surface area contributed by atoms with Gasteiger partial charge in [0.2, 0.25) is 10.0 Å². The summed E-state index contributed by atoms with van der Waals surface area (Å²) in [5, 5.41) is 13.9. The molecule has 0 saturated carbocycles. The van der Waals surface area contributed by atoms with E-state index in [-0.39, 0.29) is 16.5 Å². The van der Waals surface area contributed by atoms with E-state index in [1.54, 1.807) is 0 Å². The van der Waals surface area contributed by atoms with Gasteiger partial charge < -0.3 is 5.32 Å². The number of benzene rings is 1. The van der Waals surface area contributed by atoms with Crippen molar-refractivity contribution in [2.24, 2.45) is 5.92 Å². The molecule has 0 spiro atoms. The van der Waals surface area contributed by atoms with Crippen LogP contribution in [0.1, 0.15) is 12.8 Å². The number of nitro benzene ring substituents is 1. The third kappa shape index (κ3) is 3.75. The molecule has 20 heavy (non-hydrogen) atoms. The topological polar surface area (TPSA) is 101 Å². The Morgan fingerprint density at radius 3 is 2.90 bits per heavy atom. The molecule has 0 amide bonds. The van der Waals surface area contributed by atoms with Crippen LogP contribution in [0.15, 0.2) is 29.2 Å². The van der Waals surface area contributed by atoms with Gasteiger partial charge in [-0.05, 0) is 37.9 Å². The lowest BCUT2D eigenvalue weighted by atomic mass is 10.0. The van der Waals surface area contributed by atoms with Gasteiger partial charge in [0.25, 0.3) is 5.69 Å². The minimum absolute atomic E-state index is 0.0736. The number of hydrogen-bond donors (Lipinski definition) is 2. The van der Waals surface area contributed by atoms with Crippen molar-refractivity contribution in [3.63, 3.8) is 0 Å². The van der Waals surface area contributed by atoms with Crippen LogP contribution >= 0.6 is 0 Å². The number of nitrogens with zero attached hydrogens (tertiary/aromatic N) is 1. The van der Waals surface area contributed by atoms with Gasteiger partial charge in [-0.3, -0.25) is 10.1 Å². The number of nitrogens with one attached hydrogen (secondary N) is 2. The highest BCUT2D eigenvalue weighted by molar-refractivity contribution is 7.89. The maximum Gasteiger partial charge on any atom is 0.270 e. The molecule has 1 aliphatic heterocycles. The number of piperidine rings is 1. The molecule has 1 unspecified atom stereocenters.